The summed E-state index contributed by atoms with van der Waals surface area (Å²) < 4.78 is 5.17. The van der Waals surface area contributed by atoms with Crippen molar-refractivity contribution in [2.24, 2.45) is 0 Å². The standard InChI is InChI=1S/C25H31ClN2O5/c1-16(15-19-20(26)22(30)18-12-8-7-11-17(18)21(19)29)23(31)27-13-9-5-6-10-14-28-24(32)33-25(2,3)4/h7-8,11-12,15H,5-6,9-10,13-14H2,1-4H3,(H,27,31)(H,28,32)/b16-15+. The van der Waals surface area contributed by atoms with Crippen LogP contribution in [0.4, 0.5) is 4.79 Å². The number of carbonyl (C=O) groups excluding carboxylic acids is 4. The normalized spacial score (nSPS) is 14.2. The lowest BCUT2D eigenvalue weighted by molar-refractivity contribution is -0.117. The summed E-state index contributed by atoms with van der Waals surface area (Å²) in [6, 6.07) is 6.49. The van der Waals surface area contributed by atoms with Gasteiger partial charge < -0.3 is 15.4 Å². The zero-order valence-electron chi connectivity index (χ0n) is 19.5. The molecule has 2 rings (SSSR count). The summed E-state index contributed by atoms with van der Waals surface area (Å²) in [4.78, 5) is 49.1. The number of allylic oxidation sites excluding steroid dienone is 3. The number of unbranched alkanes of at least 4 members (excludes halogenated alkanes) is 3. The fourth-order valence-electron chi connectivity index (χ4n) is 3.22. The van der Waals surface area contributed by atoms with Crippen LogP contribution in [-0.4, -0.2) is 42.3 Å². The van der Waals surface area contributed by atoms with E-state index < -0.39 is 17.5 Å². The molecule has 0 aromatic heterocycles. The fraction of sp³-hybridized carbons (Fsp3) is 0.440. The lowest BCUT2D eigenvalue weighted by Gasteiger charge is -2.19. The highest BCUT2D eigenvalue weighted by Crippen LogP contribution is 2.29. The molecule has 0 bridgehead atoms. The van der Waals surface area contributed by atoms with E-state index in [0.717, 1.165) is 25.7 Å². The van der Waals surface area contributed by atoms with Gasteiger partial charge >= 0.3 is 6.09 Å². The van der Waals surface area contributed by atoms with Gasteiger partial charge in [-0.25, -0.2) is 4.79 Å². The average molecular weight is 475 g/mol. The molecular weight excluding hydrogens is 444 g/mol. The van der Waals surface area contributed by atoms with Crippen molar-refractivity contribution >= 4 is 35.2 Å². The smallest absolute Gasteiger partial charge is 0.407 e. The number of carbonyl (C=O) groups is 4. The second kappa shape index (κ2) is 11.8. The number of Topliss-reactive ketones (excluding diaryl/α,β-unsaturated/α-hetero) is 2. The molecule has 0 spiro atoms. The fourth-order valence-corrected chi connectivity index (χ4v) is 3.47. The molecule has 7 nitrogen and oxygen atoms in total. The molecule has 1 aromatic rings. The first-order valence-electron chi connectivity index (χ1n) is 11.0. The van der Waals surface area contributed by atoms with Gasteiger partial charge in [0, 0.05) is 35.4 Å². The largest absolute Gasteiger partial charge is 0.444 e. The minimum absolute atomic E-state index is 0.0329. The van der Waals surface area contributed by atoms with Crippen LogP contribution in [0.1, 0.15) is 74.1 Å². The van der Waals surface area contributed by atoms with Crippen LogP contribution in [0.25, 0.3) is 0 Å². The van der Waals surface area contributed by atoms with Crippen LogP contribution in [0.15, 0.2) is 46.5 Å². The van der Waals surface area contributed by atoms with Crippen molar-refractivity contribution < 1.29 is 23.9 Å². The second-order valence-electron chi connectivity index (χ2n) is 8.86. The molecule has 33 heavy (non-hydrogen) atoms. The molecule has 178 valence electrons. The maximum atomic E-state index is 12.7. The molecule has 0 radical (unpaired) electrons. The minimum Gasteiger partial charge on any atom is -0.444 e. The van der Waals surface area contributed by atoms with Crippen LogP contribution < -0.4 is 10.6 Å². The monoisotopic (exact) mass is 474 g/mol. The van der Waals surface area contributed by atoms with Crippen LogP contribution in [0.2, 0.25) is 0 Å². The van der Waals surface area contributed by atoms with E-state index in [2.05, 4.69) is 10.6 Å². The van der Waals surface area contributed by atoms with Gasteiger partial charge in [0.25, 0.3) is 0 Å². The molecule has 2 N–H and O–H groups in total. The zero-order valence-corrected chi connectivity index (χ0v) is 20.3. The maximum Gasteiger partial charge on any atom is 0.407 e. The van der Waals surface area contributed by atoms with E-state index in [1.165, 1.54) is 6.08 Å². The van der Waals surface area contributed by atoms with Gasteiger partial charge in [-0.3, -0.25) is 14.4 Å². The van der Waals surface area contributed by atoms with Gasteiger partial charge in [-0.2, -0.15) is 0 Å². The molecule has 0 fully saturated rings. The Labute approximate surface area is 199 Å². The first kappa shape index (κ1) is 26.3. The van der Waals surface area contributed by atoms with Crippen LogP contribution in [-0.2, 0) is 9.53 Å². The highest BCUT2D eigenvalue weighted by atomic mass is 35.5. The quantitative estimate of drug-likeness (QED) is 0.398. The Hall–Kier alpha value is -2.93. The summed E-state index contributed by atoms with van der Waals surface area (Å²) in [5, 5.41) is 5.35. The first-order valence-corrected chi connectivity index (χ1v) is 11.4. The van der Waals surface area contributed by atoms with Crippen molar-refractivity contribution in [1.82, 2.24) is 10.6 Å². The van der Waals surface area contributed by atoms with Gasteiger partial charge in [0.05, 0.1) is 5.03 Å². The highest BCUT2D eigenvalue weighted by Gasteiger charge is 2.30. The number of rotatable bonds is 9. The van der Waals surface area contributed by atoms with E-state index in [1.54, 1.807) is 31.2 Å². The number of hydrogen-bond acceptors (Lipinski definition) is 5. The van der Waals surface area contributed by atoms with Crippen molar-refractivity contribution in [2.45, 2.75) is 59.0 Å². The van der Waals surface area contributed by atoms with Crippen molar-refractivity contribution in [3.05, 3.63) is 57.6 Å². The Morgan fingerprint density at radius 3 is 2.06 bits per heavy atom. The van der Waals surface area contributed by atoms with E-state index in [1.807, 2.05) is 20.8 Å². The Bertz CT molecular complexity index is 989. The molecule has 0 heterocycles. The maximum absolute atomic E-state index is 12.7. The molecule has 8 heteroatoms. The topological polar surface area (TPSA) is 102 Å². The van der Waals surface area contributed by atoms with Gasteiger partial charge in [-0.05, 0) is 46.6 Å². The Morgan fingerprint density at radius 2 is 1.48 bits per heavy atom. The van der Waals surface area contributed by atoms with Gasteiger partial charge in [-0.15, -0.1) is 0 Å². The van der Waals surface area contributed by atoms with Crippen LogP contribution in [0.3, 0.4) is 0 Å². The van der Waals surface area contributed by atoms with E-state index >= 15 is 0 Å². The molecule has 0 aliphatic heterocycles. The van der Waals surface area contributed by atoms with Gasteiger partial charge in [0.15, 0.2) is 5.78 Å². The Balaban J connectivity index is 1.74. The molecule has 1 aliphatic carbocycles. The molecule has 0 unspecified atom stereocenters. The first-order chi connectivity index (χ1) is 15.5. The van der Waals surface area contributed by atoms with Gasteiger partial charge in [0.1, 0.15) is 5.60 Å². The predicted octanol–water partition coefficient (Wildman–Crippen LogP) is 4.71. The van der Waals surface area contributed by atoms with E-state index in [0.29, 0.717) is 18.7 Å². The summed E-state index contributed by atoms with van der Waals surface area (Å²) in [5.41, 5.74) is 0.373. The molecular formula is C25H31ClN2O5. The molecule has 0 saturated carbocycles. The summed E-state index contributed by atoms with van der Waals surface area (Å²) >= 11 is 6.14. The number of hydrogen-bond donors (Lipinski definition) is 2. The number of alkyl carbamates (subject to hydrolysis) is 1. The SMILES string of the molecule is C/C(=C\C1=C(Cl)C(=O)c2ccccc2C1=O)C(=O)NCCCCCCNC(=O)OC(C)(C)C. The number of fused-ring (bicyclic) bond motifs is 1. The summed E-state index contributed by atoms with van der Waals surface area (Å²) in [7, 11) is 0. The van der Waals surface area contributed by atoms with Crippen molar-refractivity contribution in [3.63, 3.8) is 0 Å². The second-order valence-corrected chi connectivity index (χ2v) is 9.24. The number of benzene rings is 1. The summed E-state index contributed by atoms with van der Waals surface area (Å²) in [6.07, 6.45) is 4.33. The Kier molecular flexibility index (Phi) is 9.41. The molecule has 0 saturated heterocycles. The van der Waals surface area contributed by atoms with Crippen molar-refractivity contribution in [2.75, 3.05) is 13.1 Å². The third-order valence-corrected chi connectivity index (χ3v) is 5.25. The Morgan fingerprint density at radius 1 is 0.939 bits per heavy atom. The van der Waals surface area contributed by atoms with Gasteiger partial charge in [0.2, 0.25) is 11.7 Å². The minimum atomic E-state index is -0.513. The number of amides is 2. The number of ether oxygens (including phenoxy) is 1. The van der Waals surface area contributed by atoms with E-state index in [-0.39, 0.29) is 33.4 Å². The third kappa shape index (κ3) is 7.86. The van der Waals surface area contributed by atoms with E-state index in [4.69, 9.17) is 16.3 Å². The van der Waals surface area contributed by atoms with Gasteiger partial charge in [-0.1, -0.05) is 48.7 Å². The lowest BCUT2D eigenvalue weighted by Crippen LogP contribution is -2.33. The van der Waals surface area contributed by atoms with Crippen molar-refractivity contribution in [3.8, 4) is 0 Å². The van der Waals surface area contributed by atoms with Crippen molar-refractivity contribution in [1.29, 1.82) is 0 Å². The predicted molar refractivity (Wildman–Crippen MR) is 127 cm³/mol. The van der Waals surface area contributed by atoms with E-state index in [9.17, 15) is 19.2 Å². The number of halogens is 1. The number of ketones is 2. The molecule has 0 atom stereocenters. The molecule has 2 amide bonds. The van der Waals surface area contributed by atoms with Crippen LogP contribution in [0.5, 0.6) is 0 Å². The highest BCUT2D eigenvalue weighted by molar-refractivity contribution is 6.50. The summed E-state index contributed by atoms with van der Waals surface area (Å²) in [5.74, 6) is -1.12. The van der Waals surface area contributed by atoms with Crippen LogP contribution in [0, 0.1) is 0 Å². The average Bonchev–Trinajstić information content (AvgIpc) is 2.75. The summed E-state index contributed by atoms with van der Waals surface area (Å²) in [6.45, 7) is 8.03. The third-order valence-electron chi connectivity index (χ3n) is 4.87. The number of nitrogens with one attached hydrogen (secondary N) is 2. The zero-order chi connectivity index (χ0) is 24.6. The van der Waals surface area contributed by atoms with Crippen LogP contribution >= 0.6 is 11.6 Å². The molecule has 1 aromatic carbocycles. The lowest BCUT2D eigenvalue weighted by atomic mass is 9.88. The molecule has 1 aliphatic rings.